The van der Waals surface area contributed by atoms with Crippen molar-refractivity contribution in [3.63, 3.8) is 0 Å². The molecule has 7 nitrogen and oxygen atoms in total. The number of aryl methyl sites for hydroxylation is 3. The van der Waals surface area contributed by atoms with Gasteiger partial charge in [0.15, 0.2) is 11.2 Å². The van der Waals surface area contributed by atoms with Crippen LogP contribution in [0.3, 0.4) is 0 Å². The number of imidazole rings is 1. The minimum absolute atomic E-state index is 0.265. The maximum atomic E-state index is 12.5. The van der Waals surface area contributed by atoms with Crippen molar-refractivity contribution in [2.75, 3.05) is 6.54 Å². The van der Waals surface area contributed by atoms with E-state index in [1.807, 2.05) is 11.5 Å². The van der Waals surface area contributed by atoms with E-state index in [0.717, 1.165) is 12.2 Å². The summed E-state index contributed by atoms with van der Waals surface area (Å²) in [6.45, 7) is 5.33. The second kappa shape index (κ2) is 5.62. The summed E-state index contributed by atoms with van der Waals surface area (Å²) < 4.78 is 4.57. The van der Waals surface area contributed by atoms with Gasteiger partial charge in [-0.15, -0.1) is 0 Å². The molecule has 20 heavy (non-hydrogen) atoms. The maximum Gasteiger partial charge on any atom is 0.332 e. The monoisotopic (exact) mass is 279 g/mol. The highest BCUT2D eigenvalue weighted by Crippen LogP contribution is 2.12. The topological polar surface area (TPSA) is 87.8 Å². The maximum absolute atomic E-state index is 12.5. The van der Waals surface area contributed by atoms with Gasteiger partial charge in [-0.3, -0.25) is 13.9 Å². The van der Waals surface area contributed by atoms with Gasteiger partial charge in [-0.25, -0.2) is 9.78 Å². The molecule has 2 aromatic heterocycles. The number of rotatable bonds is 5. The van der Waals surface area contributed by atoms with Crippen LogP contribution in [0.2, 0.25) is 0 Å². The Hall–Kier alpha value is -1.89. The van der Waals surface area contributed by atoms with Crippen molar-refractivity contribution in [3.8, 4) is 0 Å². The molecule has 2 heterocycles. The first-order valence-corrected chi connectivity index (χ1v) is 6.95. The lowest BCUT2D eigenvalue weighted by atomic mass is 10.3. The van der Waals surface area contributed by atoms with Crippen molar-refractivity contribution in [1.29, 1.82) is 0 Å². The molecule has 0 unspecified atom stereocenters. The van der Waals surface area contributed by atoms with Crippen molar-refractivity contribution in [3.05, 3.63) is 26.7 Å². The minimum atomic E-state index is -0.323. The average Bonchev–Trinajstić information content (AvgIpc) is 2.82. The van der Waals surface area contributed by atoms with Gasteiger partial charge in [0.05, 0.1) is 0 Å². The average molecular weight is 279 g/mol. The van der Waals surface area contributed by atoms with E-state index < -0.39 is 0 Å². The first kappa shape index (κ1) is 14.5. The van der Waals surface area contributed by atoms with Gasteiger partial charge in [0.2, 0.25) is 0 Å². The fourth-order valence-corrected chi connectivity index (χ4v) is 2.49. The molecule has 0 aromatic carbocycles. The Morgan fingerprint density at radius 2 is 1.80 bits per heavy atom. The molecule has 0 radical (unpaired) electrons. The van der Waals surface area contributed by atoms with E-state index in [9.17, 15) is 9.59 Å². The van der Waals surface area contributed by atoms with Crippen molar-refractivity contribution in [2.24, 2.45) is 12.8 Å². The molecule has 0 amide bonds. The second-order valence-electron chi connectivity index (χ2n) is 4.73. The first-order valence-electron chi connectivity index (χ1n) is 6.95. The summed E-state index contributed by atoms with van der Waals surface area (Å²) in [6, 6.07) is 0. The lowest BCUT2D eigenvalue weighted by Gasteiger charge is -2.07. The van der Waals surface area contributed by atoms with Crippen molar-refractivity contribution >= 4 is 11.2 Å². The van der Waals surface area contributed by atoms with Crippen LogP contribution >= 0.6 is 0 Å². The molecule has 0 fully saturated rings. The number of nitrogens with two attached hydrogens (primary N) is 1. The summed E-state index contributed by atoms with van der Waals surface area (Å²) >= 11 is 0. The molecule has 0 aliphatic carbocycles. The van der Waals surface area contributed by atoms with Crippen LogP contribution in [0.15, 0.2) is 9.59 Å². The number of fused-ring (bicyclic) bond motifs is 1. The van der Waals surface area contributed by atoms with E-state index in [1.54, 1.807) is 14.0 Å². The molecule has 0 bridgehead atoms. The Balaban J connectivity index is 2.84. The molecule has 110 valence electrons. The van der Waals surface area contributed by atoms with E-state index in [2.05, 4.69) is 4.98 Å². The van der Waals surface area contributed by atoms with Gasteiger partial charge in [0.25, 0.3) is 5.56 Å². The molecule has 0 atom stereocenters. The molecular formula is C13H21N5O2. The number of hydrogen-bond acceptors (Lipinski definition) is 4. The summed E-state index contributed by atoms with van der Waals surface area (Å²) in [5, 5.41) is 0. The summed E-state index contributed by atoms with van der Waals surface area (Å²) in [7, 11) is 1.65. The second-order valence-corrected chi connectivity index (χ2v) is 4.73. The third kappa shape index (κ3) is 2.07. The quantitative estimate of drug-likeness (QED) is 0.823. The van der Waals surface area contributed by atoms with Crippen LogP contribution in [0, 0.1) is 0 Å². The Kier molecular flexibility index (Phi) is 4.08. The van der Waals surface area contributed by atoms with Crippen molar-refractivity contribution in [2.45, 2.75) is 39.8 Å². The number of nitrogens with zero attached hydrogens (tertiary/aromatic N) is 4. The van der Waals surface area contributed by atoms with Gasteiger partial charge in [0, 0.05) is 26.6 Å². The summed E-state index contributed by atoms with van der Waals surface area (Å²) in [4.78, 5) is 29.1. The fraction of sp³-hybridized carbons (Fsp3) is 0.615. The van der Waals surface area contributed by atoms with Gasteiger partial charge < -0.3 is 10.3 Å². The van der Waals surface area contributed by atoms with Crippen LogP contribution < -0.4 is 17.0 Å². The highest BCUT2D eigenvalue weighted by molar-refractivity contribution is 5.71. The molecule has 0 spiro atoms. The molecule has 7 heteroatoms. The number of aromatic nitrogens is 4. The molecular weight excluding hydrogens is 258 g/mol. The predicted molar refractivity (Wildman–Crippen MR) is 78.0 cm³/mol. The highest BCUT2D eigenvalue weighted by atomic mass is 16.2. The fourth-order valence-electron chi connectivity index (χ4n) is 2.49. The summed E-state index contributed by atoms with van der Waals surface area (Å²) in [6.07, 6.45) is 1.51. The van der Waals surface area contributed by atoms with Crippen LogP contribution in [0.4, 0.5) is 0 Å². The van der Waals surface area contributed by atoms with E-state index >= 15 is 0 Å². The summed E-state index contributed by atoms with van der Waals surface area (Å²) in [5.74, 6) is 0.814. The van der Waals surface area contributed by atoms with Gasteiger partial charge in [-0.2, -0.15) is 0 Å². The minimum Gasteiger partial charge on any atom is -0.330 e. The smallest absolute Gasteiger partial charge is 0.330 e. The Morgan fingerprint density at radius 1 is 1.15 bits per heavy atom. The third-order valence-corrected chi connectivity index (χ3v) is 3.55. The lowest BCUT2D eigenvalue weighted by molar-refractivity contribution is 0.631. The van der Waals surface area contributed by atoms with E-state index in [0.29, 0.717) is 37.2 Å². The van der Waals surface area contributed by atoms with E-state index in [1.165, 1.54) is 9.13 Å². The lowest BCUT2D eigenvalue weighted by Crippen LogP contribution is -2.39. The van der Waals surface area contributed by atoms with Crippen molar-refractivity contribution < 1.29 is 0 Å². The molecule has 0 aliphatic heterocycles. The van der Waals surface area contributed by atoms with Crippen LogP contribution in [0.1, 0.15) is 26.1 Å². The van der Waals surface area contributed by atoms with Crippen LogP contribution in [-0.2, 0) is 26.6 Å². The number of hydrogen-bond donors (Lipinski definition) is 1. The zero-order valence-electron chi connectivity index (χ0n) is 12.2. The molecule has 2 N–H and O–H groups in total. The Labute approximate surface area is 116 Å². The standard InChI is InChI=1S/C13H21N5O2/c1-4-17-9(7-6-8-14)15-11-10(17)12(19)18(5-2)13(20)16(11)3/h4-8,14H2,1-3H3. The van der Waals surface area contributed by atoms with Gasteiger partial charge in [-0.1, -0.05) is 0 Å². The Bertz CT molecular complexity index is 738. The van der Waals surface area contributed by atoms with Crippen LogP contribution in [0.5, 0.6) is 0 Å². The summed E-state index contributed by atoms with van der Waals surface area (Å²) in [5.41, 5.74) is 5.91. The first-order chi connectivity index (χ1) is 9.56. The highest BCUT2D eigenvalue weighted by Gasteiger charge is 2.18. The van der Waals surface area contributed by atoms with Gasteiger partial charge in [-0.05, 0) is 26.8 Å². The van der Waals surface area contributed by atoms with Crippen LogP contribution in [0.25, 0.3) is 11.2 Å². The zero-order valence-corrected chi connectivity index (χ0v) is 12.2. The molecule has 0 saturated carbocycles. The third-order valence-electron chi connectivity index (χ3n) is 3.55. The Morgan fingerprint density at radius 3 is 2.35 bits per heavy atom. The molecule has 2 rings (SSSR count). The molecule has 0 saturated heterocycles. The molecule has 2 aromatic rings. The normalized spacial score (nSPS) is 11.4. The largest absolute Gasteiger partial charge is 0.332 e. The zero-order chi connectivity index (χ0) is 14.9. The predicted octanol–water partition coefficient (Wildman–Crippen LogP) is -0.172. The SMILES string of the molecule is CCn1c(=O)c2c(nc(CCCN)n2CC)n(C)c1=O. The van der Waals surface area contributed by atoms with Gasteiger partial charge in [0.1, 0.15) is 5.82 Å². The van der Waals surface area contributed by atoms with E-state index in [-0.39, 0.29) is 11.2 Å². The van der Waals surface area contributed by atoms with Gasteiger partial charge >= 0.3 is 5.69 Å². The van der Waals surface area contributed by atoms with E-state index in [4.69, 9.17) is 5.73 Å². The van der Waals surface area contributed by atoms with Crippen molar-refractivity contribution in [1.82, 2.24) is 18.7 Å². The molecule has 0 aliphatic rings. The van der Waals surface area contributed by atoms with Crippen LogP contribution in [-0.4, -0.2) is 25.2 Å².